The number of esters is 1. The molecule has 0 bridgehead atoms. The number of amides is 1. The summed E-state index contributed by atoms with van der Waals surface area (Å²) in [4.78, 5) is 23.5. The molecule has 2 rings (SSSR count). The van der Waals surface area contributed by atoms with Crippen LogP contribution in [0.1, 0.15) is 54.2 Å². The molecule has 4 heteroatoms. The molecule has 0 spiro atoms. The molecule has 0 aliphatic heterocycles. The number of nitrogens with one attached hydrogen (secondary N) is 1. The van der Waals surface area contributed by atoms with Crippen LogP contribution in [0.15, 0.2) is 18.2 Å². The van der Waals surface area contributed by atoms with E-state index in [9.17, 15) is 9.59 Å². The van der Waals surface area contributed by atoms with Crippen LogP contribution in [0.3, 0.4) is 0 Å². The second-order valence-corrected chi connectivity index (χ2v) is 5.66. The predicted molar refractivity (Wildman–Crippen MR) is 76.4 cm³/mol. The van der Waals surface area contributed by atoms with Crippen molar-refractivity contribution in [3.63, 3.8) is 0 Å². The topological polar surface area (TPSA) is 55.4 Å². The summed E-state index contributed by atoms with van der Waals surface area (Å²) in [5.74, 6) is 0.0746. The first kappa shape index (κ1) is 14.6. The molecule has 1 aliphatic rings. The molecule has 1 aromatic rings. The first-order valence-corrected chi connectivity index (χ1v) is 7.01. The molecule has 1 aliphatic carbocycles. The van der Waals surface area contributed by atoms with E-state index >= 15 is 0 Å². The number of benzene rings is 1. The van der Waals surface area contributed by atoms with Gasteiger partial charge in [-0.1, -0.05) is 19.9 Å². The second kappa shape index (κ2) is 6.07. The van der Waals surface area contributed by atoms with Crippen molar-refractivity contribution in [1.82, 2.24) is 5.32 Å². The van der Waals surface area contributed by atoms with E-state index in [1.54, 1.807) is 6.07 Å². The van der Waals surface area contributed by atoms with Crippen LogP contribution in [0.4, 0.5) is 0 Å². The van der Waals surface area contributed by atoms with Crippen LogP contribution in [-0.2, 0) is 16.0 Å². The molecular formula is C16H21NO3. The fraction of sp³-hybridized carbons (Fsp3) is 0.500. The molecule has 0 heterocycles. The zero-order valence-electron chi connectivity index (χ0n) is 12.2. The third-order valence-corrected chi connectivity index (χ3v) is 3.57. The zero-order chi connectivity index (χ0) is 14.7. The van der Waals surface area contributed by atoms with Crippen molar-refractivity contribution in [1.29, 1.82) is 0 Å². The molecule has 1 atom stereocenters. The summed E-state index contributed by atoms with van der Waals surface area (Å²) in [5.41, 5.74) is 2.79. The summed E-state index contributed by atoms with van der Waals surface area (Å²) in [6.45, 7) is 4.05. The van der Waals surface area contributed by atoms with E-state index < -0.39 is 0 Å². The van der Waals surface area contributed by atoms with Crippen molar-refractivity contribution in [2.75, 3.05) is 7.11 Å². The van der Waals surface area contributed by atoms with Crippen LogP contribution < -0.4 is 5.32 Å². The van der Waals surface area contributed by atoms with E-state index in [2.05, 4.69) is 5.32 Å². The van der Waals surface area contributed by atoms with Gasteiger partial charge in [-0.2, -0.15) is 0 Å². The average molecular weight is 275 g/mol. The largest absolute Gasteiger partial charge is 0.465 e. The molecule has 0 radical (unpaired) electrons. The van der Waals surface area contributed by atoms with Crippen molar-refractivity contribution in [2.24, 2.45) is 5.92 Å². The normalized spacial score (nSPS) is 16.9. The summed E-state index contributed by atoms with van der Waals surface area (Å²) in [7, 11) is 1.37. The molecule has 0 saturated carbocycles. The van der Waals surface area contributed by atoms with Gasteiger partial charge in [-0.15, -0.1) is 0 Å². The second-order valence-electron chi connectivity index (χ2n) is 5.66. The molecular weight excluding hydrogens is 254 g/mol. The number of aryl methyl sites for hydroxylation is 1. The maximum absolute atomic E-state index is 11.9. The standard InChI is InChI=1S/C16H21NO3/c1-10(2)8-15(18)17-14-7-6-11-4-5-12(9-13(11)14)16(19)20-3/h4-5,9-10,14H,6-8H2,1-3H3,(H,17,18)/t14-/m1/s1. The Labute approximate surface area is 119 Å². The summed E-state index contributed by atoms with van der Waals surface area (Å²) in [5, 5.41) is 3.06. The van der Waals surface area contributed by atoms with Crippen molar-refractivity contribution in [3.8, 4) is 0 Å². The van der Waals surface area contributed by atoms with Gasteiger partial charge in [0.1, 0.15) is 0 Å². The van der Waals surface area contributed by atoms with Gasteiger partial charge in [0.25, 0.3) is 0 Å². The lowest BCUT2D eigenvalue weighted by Gasteiger charge is -2.15. The highest BCUT2D eigenvalue weighted by Crippen LogP contribution is 2.32. The summed E-state index contributed by atoms with van der Waals surface area (Å²) < 4.78 is 4.74. The Morgan fingerprint density at radius 3 is 2.80 bits per heavy atom. The quantitative estimate of drug-likeness (QED) is 0.859. The highest BCUT2D eigenvalue weighted by atomic mass is 16.5. The monoisotopic (exact) mass is 275 g/mol. The Balaban J connectivity index is 2.14. The van der Waals surface area contributed by atoms with Gasteiger partial charge in [0.05, 0.1) is 18.7 Å². The Morgan fingerprint density at radius 2 is 2.15 bits per heavy atom. The molecule has 1 N–H and O–H groups in total. The first-order valence-electron chi connectivity index (χ1n) is 7.01. The van der Waals surface area contributed by atoms with Gasteiger partial charge in [-0.3, -0.25) is 4.79 Å². The zero-order valence-corrected chi connectivity index (χ0v) is 12.2. The highest BCUT2D eigenvalue weighted by Gasteiger charge is 2.25. The Hall–Kier alpha value is -1.84. The number of hydrogen-bond acceptors (Lipinski definition) is 3. The number of fused-ring (bicyclic) bond motifs is 1. The van der Waals surface area contributed by atoms with Gasteiger partial charge >= 0.3 is 5.97 Å². The van der Waals surface area contributed by atoms with Crippen molar-refractivity contribution in [3.05, 3.63) is 34.9 Å². The smallest absolute Gasteiger partial charge is 0.337 e. The first-order chi connectivity index (χ1) is 9.51. The van der Waals surface area contributed by atoms with Crippen molar-refractivity contribution >= 4 is 11.9 Å². The number of rotatable bonds is 4. The summed E-state index contributed by atoms with van der Waals surface area (Å²) in [6.07, 6.45) is 2.36. The molecule has 0 saturated heterocycles. The predicted octanol–water partition coefficient (Wildman–Crippen LogP) is 2.62. The third kappa shape index (κ3) is 3.18. The molecule has 1 amide bonds. The number of ether oxygens (including phenoxy) is 1. The van der Waals surface area contributed by atoms with Crippen LogP contribution in [0, 0.1) is 5.92 Å². The van der Waals surface area contributed by atoms with Gasteiger partial charge in [-0.25, -0.2) is 4.79 Å². The minimum atomic E-state index is -0.341. The molecule has 1 aromatic carbocycles. The fourth-order valence-corrected chi connectivity index (χ4v) is 2.62. The van der Waals surface area contributed by atoms with Crippen molar-refractivity contribution < 1.29 is 14.3 Å². The number of hydrogen-bond donors (Lipinski definition) is 1. The maximum atomic E-state index is 11.9. The fourth-order valence-electron chi connectivity index (χ4n) is 2.62. The maximum Gasteiger partial charge on any atom is 0.337 e. The SMILES string of the molecule is COC(=O)c1ccc2c(c1)[C@H](NC(=O)CC(C)C)CC2. The molecule has 0 unspecified atom stereocenters. The molecule has 0 fully saturated rings. The van der Waals surface area contributed by atoms with Gasteiger partial charge in [0.15, 0.2) is 0 Å². The summed E-state index contributed by atoms with van der Waals surface area (Å²) in [6, 6.07) is 5.59. The van der Waals surface area contributed by atoms with E-state index in [1.165, 1.54) is 12.7 Å². The van der Waals surface area contributed by atoms with Crippen LogP contribution in [0.2, 0.25) is 0 Å². The van der Waals surface area contributed by atoms with Crippen LogP contribution in [-0.4, -0.2) is 19.0 Å². The van der Waals surface area contributed by atoms with Crippen LogP contribution >= 0.6 is 0 Å². The Kier molecular flexibility index (Phi) is 4.42. The van der Waals surface area contributed by atoms with Crippen molar-refractivity contribution in [2.45, 2.75) is 39.2 Å². The Morgan fingerprint density at radius 1 is 1.40 bits per heavy atom. The van der Waals surface area contributed by atoms with Gasteiger partial charge in [0.2, 0.25) is 5.91 Å². The highest BCUT2D eigenvalue weighted by molar-refractivity contribution is 5.89. The number of carbonyl (C=O) groups excluding carboxylic acids is 2. The third-order valence-electron chi connectivity index (χ3n) is 3.57. The Bertz CT molecular complexity index is 522. The van der Waals surface area contributed by atoms with E-state index in [4.69, 9.17) is 4.74 Å². The average Bonchev–Trinajstić information content (AvgIpc) is 2.79. The van der Waals surface area contributed by atoms with E-state index in [1.807, 2.05) is 26.0 Å². The van der Waals surface area contributed by atoms with E-state index in [-0.39, 0.29) is 17.9 Å². The summed E-state index contributed by atoms with van der Waals surface area (Å²) >= 11 is 0. The van der Waals surface area contributed by atoms with E-state index in [0.29, 0.717) is 17.9 Å². The van der Waals surface area contributed by atoms with Gasteiger partial charge in [0, 0.05) is 6.42 Å². The number of carbonyl (C=O) groups is 2. The van der Waals surface area contributed by atoms with Crippen LogP contribution in [0.5, 0.6) is 0 Å². The lowest BCUT2D eigenvalue weighted by atomic mass is 10.0. The lowest BCUT2D eigenvalue weighted by Crippen LogP contribution is -2.28. The van der Waals surface area contributed by atoms with Gasteiger partial charge in [-0.05, 0) is 42.0 Å². The molecule has 20 heavy (non-hydrogen) atoms. The van der Waals surface area contributed by atoms with E-state index in [0.717, 1.165) is 18.4 Å². The van der Waals surface area contributed by atoms with Crippen LogP contribution in [0.25, 0.3) is 0 Å². The minimum absolute atomic E-state index is 0.0147. The minimum Gasteiger partial charge on any atom is -0.465 e. The molecule has 108 valence electrons. The number of methoxy groups -OCH3 is 1. The molecule has 4 nitrogen and oxygen atoms in total. The van der Waals surface area contributed by atoms with Gasteiger partial charge < -0.3 is 10.1 Å². The molecule has 0 aromatic heterocycles. The lowest BCUT2D eigenvalue weighted by molar-refractivity contribution is -0.122.